The minimum atomic E-state index is 0.0493. The van der Waals surface area contributed by atoms with E-state index in [0.29, 0.717) is 17.4 Å². The average molecular weight is 274 g/mol. The molecular formula is C15H18N2O3. The van der Waals surface area contributed by atoms with E-state index in [-0.39, 0.29) is 18.1 Å². The molecule has 1 amide bonds. The minimum Gasteiger partial charge on any atom is -0.486 e. The van der Waals surface area contributed by atoms with E-state index in [9.17, 15) is 4.79 Å². The number of ether oxygens (including phenoxy) is 2. The summed E-state index contributed by atoms with van der Waals surface area (Å²) in [5.74, 6) is 0.767. The second-order valence-corrected chi connectivity index (χ2v) is 5.78. The number of hydrogen-bond donors (Lipinski definition) is 0. The SMILES string of the molecule is CN1C(=O)c2ccccc2OC2CN(C3COC3)CC21. The van der Waals surface area contributed by atoms with Crippen molar-refractivity contribution in [3.05, 3.63) is 29.8 Å². The lowest BCUT2D eigenvalue weighted by atomic mass is 10.1. The van der Waals surface area contributed by atoms with Crippen molar-refractivity contribution in [2.75, 3.05) is 33.4 Å². The molecule has 0 aromatic heterocycles. The molecule has 106 valence electrons. The van der Waals surface area contributed by atoms with Gasteiger partial charge in [-0.15, -0.1) is 0 Å². The Morgan fingerprint density at radius 3 is 2.75 bits per heavy atom. The Morgan fingerprint density at radius 2 is 2.00 bits per heavy atom. The number of likely N-dealkylation sites (tertiary alicyclic amines) is 1. The molecule has 1 aromatic rings. The number of amides is 1. The lowest BCUT2D eigenvalue weighted by Gasteiger charge is -2.34. The van der Waals surface area contributed by atoms with Crippen LogP contribution in [0.3, 0.4) is 0 Å². The maximum absolute atomic E-state index is 12.5. The van der Waals surface area contributed by atoms with E-state index in [1.165, 1.54) is 0 Å². The number of likely N-dealkylation sites (N-methyl/N-ethyl adjacent to an activating group) is 1. The molecule has 3 aliphatic rings. The molecule has 0 spiro atoms. The molecule has 3 heterocycles. The fourth-order valence-electron chi connectivity index (χ4n) is 3.25. The summed E-state index contributed by atoms with van der Waals surface area (Å²) in [5, 5.41) is 0. The van der Waals surface area contributed by atoms with Gasteiger partial charge in [0.25, 0.3) is 5.91 Å². The fourth-order valence-corrected chi connectivity index (χ4v) is 3.25. The molecule has 0 N–H and O–H groups in total. The number of hydrogen-bond acceptors (Lipinski definition) is 4. The molecule has 2 fully saturated rings. The van der Waals surface area contributed by atoms with E-state index in [1.807, 2.05) is 36.2 Å². The Balaban J connectivity index is 1.64. The number of carbonyl (C=O) groups excluding carboxylic acids is 1. The summed E-state index contributed by atoms with van der Waals surface area (Å²) in [7, 11) is 1.88. The first-order chi connectivity index (χ1) is 9.74. The lowest BCUT2D eigenvalue weighted by Crippen LogP contribution is -2.49. The van der Waals surface area contributed by atoms with Gasteiger partial charge < -0.3 is 14.4 Å². The third-order valence-corrected chi connectivity index (χ3v) is 4.62. The topological polar surface area (TPSA) is 42.0 Å². The van der Waals surface area contributed by atoms with Gasteiger partial charge in [0.15, 0.2) is 0 Å². The van der Waals surface area contributed by atoms with Crippen molar-refractivity contribution in [1.82, 2.24) is 9.80 Å². The van der Waals surface area contributed by atoms with Gasteiger partial charge in [-0.3, -0.25) is 9.69 Å². The molecule has 2 unspecified atom stereocenters. The first-order valence-corrected chi connectivity index (χ1v) is 7.08. The van der Waals surface area contributed by atoms with Gasteiger partial charge in [-0.25, -0.2) is 0 Å². The number of rotatable bonds is 1. The van der Waals surface area contributed by atoms with Crippen molar-refractivity contribution < 1.29 is 14.3 Å². The molecular weight excluding hydrogens is 256 g/mol. The van der Waals surface area contributed by atoms with E-state index >= 15 is 0 Å². The van der Waals surface area contributed by atoms with E-state index in [4.69, 9.17) is 9.47 Å². The van der Waals surface area contributed by atoms with E-state index in [2.05, 4.69) is 4.90 Å². The molecule has 0 radical (unpaired) electrons. The van der Waals surface area contributed by atoms with Crippen molar-refractivity contribution in [3.63, 3.8) is 0 Å². The van der Waals surface area contributed by atoms with Crippen molar-refractivity contribution in [3.8, 4) is 5.75 Å². The maximum atomic E-state index is 12.5. The fraction of sp³-hybridized carbons (Fsp3) is 0.533. The molecule has 5 nitrogen and oxygen atoms in total. The van der Waals surface area contributed by atoms with E-state index in [1.54, 1.807) is 0 Å². The zero-order valence-electron chi connectivity index (χ0n) is 11.5. The predicted molar refractivity (Wildman–Crippen MR) is 72.9 cm³/mol. The van der Waals surface area contributed by atoms with Crippen molar-refractivity contribution in [2.24, 2.45) is 0 Å². The predicted octanol–water partition coefficient (Wildman–Crippen LogP) is 0.603. The van der Waals surface area contributed by atoms with Crippen LogP contribution < -0.4 is 4.74 Å². The first kappa shape index (κ1) is 12.2. The third kappa shape index (κ3) is 1.73. The van der Waals surface area contributed by atoms with Gasteiger partial charge in [0.05, 0.1) is 30.9 Å². The monoisotopic (exact) mass is 274 g/mol. The van der Waals surface area contributed by atoms with E-state index in [0.717, 1.165) is 26.3 Å². The molecule has 1 aromatic carbocycles. The zero-order valence-corrected chi connectivity index (χ0v) is 11.5. The van der Waals surface area contributed by atoms with Crippen LogP contribution in [0.1, 0.15) is 10.4 Å². The summed E-state index contributed by atoms with van der Waals surface area (Å²) in [4.78, 5) is 16.8. The summed E-state index contributed by atoms with van der Waals surface area (Å²) >= 11 is 0. The Morgan fingerprint density at radius 1 is 1.20 bits per heavy atom. The van der Waals surface area contributed by atoms with Gasteiger partial charge in [0, 0.05) is 20.1 Å². The number of carbonyl (C=O) groups is 1. The van der Waals surface area contributed by atoms with Gasteiger partial charge >= 0.3 is 0 Å². The Labute approximate surface area is 118 Å². The molecule has 0 saturated carbocycles. The standard InChI is InChI=1S/C15H18N2O3/c1-16-12-6-17(10-8-19-9-10)7-14(12)20-13-5-3-2-4-11(13)15(16)18/h2-5,10,12,14H,6-9H2,1H3. The summed E-state index contributed by atoms with van der Waals surface area (Å²) in [6, 6.07) is 8.14. The zero-order chi connectivity index (χ0) is 13.7. The third-order valence-electron chi connectivity index (χ3n) is 4.62. The summed E-state index contributed by atoms with van der Waals surface area (Å²) in [5.41, 5.74) is 0.669. The highest BCUT2D eigenvalue weighted by Gasteiger charge is 2.45. The van der Waals surface area contributed by atoms with Gasteiger partial charge in [-0.1, -0.05) is 12.1 Å². The van der Waals surface area contributed by atoms with Crippen LogP contribution in [-0.4, -0.2) is 67.2 Å². The molecule has 5 heteroatoms. The smallest absolute Gasteiger partial charge is 0.257 e. The first-order valence-electron chi connectivity index (χ1n) is 7.08. The molecule has 0 aliphatic carbocycles. The molecule has 4 rings (SSSR count). The molecule has 20 heavy (non-hydrogen) atoms. The molecule has 2 saturated heterocycles. The van der Waals surface area contributed by atoms with Crippen LogP contribution in [0.5, 0.6) is 5.75 Å². The lowest BCUT2D eigenvalue weighted by molar-refractivity contribution is -0.0599. The second-order valence-electron chi connectivity index (χ2n) is 5.78. The molecule has 0 bridgehead atoms. The molecule has 3 aliphatic heterocycles. The van der Waals surface area contributed by atoms with E-state index < -0.39 is 0 Å². The van der Waals surface area contributed by atoms with Crippen LogP contribution in [0.15, 0.2) is 24.3 Å². The van der Waals surface area contributed by atoms with Gasteiger partial charge in [0.2, 0.25) is 0 Å². The van der Waals surface area contributed by atoms with Crippen molar-refractivity contribution in [1.29, 1.82) is 0 Å². The van der Waals surface area contributed by atoms with Gasteiger partial charge in [0.1, 0.15) is 11.9 Å². The Bertz CT molecular complexity index is 544. The highest BCUT2D eigenvalue weighted by atomic mass is 16.5. The molecule has 2 atom stereocenters. The maximum Gasteiger partial charge on any atom is 0.257 e. The van der Waals surface area contributed by atoms with Crippen LogP contribution in [0.25, 0.3) is 0 Å². The van der Waals surface area contributed by atoms with Crippen LogP contribution >= 0.6 is 0 Å². The van der Waals surface area contributed by atoms with Crippen LogP contribution in [-0.2, 0) is 4.74 Å². The minimum absolute atomic E-state index is 0.0493. The Hall–Kier alpha value is -1.59. The van der Waals surface area contributed by atoms with Gasteiger partial charge in [-0.2, -0.15) is 0 Å². The number of nitrogens with zero attached hydrogens (tertiary/aromatic N) is 2. The average Bonchev–Trinajstić information content (AvgIpc) is 2.75. The highest BCUT2D eigenvalue weighted by molar-refractivity contribution is 5.97. The summed E-state index contributed by atoms with van der Waals surface area (Å²) < 4.78 is 11.4. The van der Waals surface area contributed by atoms with Gasteiger partial charge in [-0.05, 0) is 12.1 Å². The quantitative estimate of drug-likeness (QED) is 0.752. The number of fused-ring (bicyclic) bond motifs is 2. The largest absolute Gasteiger partial charge is 0.486 e. The highest BCUT2D eigenvalue weighted by Crippen LogP contribution is 2.31. The van der Waals surface area contributed by atoms with Crippen LogP contribution in [0.4, 0.5) is 0 Å². The second kappa shape index (κ2) is 4.46. The normalized spacial score (nSPS) is 30.2. The van der Waals surface area contributed by atoms with Crippen molar-refractivity contribution in [2.45, 2.75) is 18.2 Å². The van der Waals surface area contributed by atoms with Crippen molar-refractivity contribution >= 4 is 5.91 Å². The van der Waals surface area contributed by atoms with Crippen LogP contribution in [0.2, 0.25) is 0 Å². The summed E-state index contributed by atoms with van der Waals surface area (Å²) in [6.07, 6.45) is 0.0493. The Kier molecular flexibility index (Phi) is 2.72. The number of para-hydroxylation sites is 1. The number of benzene rings is 1. The summed E-state index contributed by atoms with van der Waals surface area (Å²) in [6.45, 7) is 3.33. The van der Waals surface area contributed by atoms with Crippen LogP contribution in [0, 0.1) is 0 Å².